The number of rotatable bonds is 3. The van der Waals surface area contributed by atoms with Crippen molar-refractivity contribution in [1.82, 2.24) is 5.32 Å². The molecule has 1 aromatic rings. The van der Waals surface area contributed by atoms with E-state index in [4.69, 9.17) is 16.7 Å². The summed E-state index contributed by atoms with van der Waals surface area (Å²) in [5.41, 5.74) is 0.139. The van der Waals surface area contributed by atoms with Gasteiger partial charge in [-0.05, 0) is 19.2 Å². The number of phenols is 1. The van der Waals surface area contributed by atoms with Crippen LogP contribution >= 0.6 is 11.6 Å². The molecule has 1 aromatic carbocycles. The summed E-state index contributed by atoms with van der Waals surface area (Å²) in [5, 5.41) is 11.5. The topological polar surface area (TPSA) is 49.3 Å². The molecule has 1 rings (SSSR count). The van der Waals surface area contributed by atoms with Gasteiger partial charge >= 0.3 is 0 Å². The summed E-state index contributed by atoms with van der Waals surface area (Å²) in [5.74, 6) is -1.81. The van der Waals surface area contributed by atoms with E-state index in [-0.39, 0.29) is 22.9 Å². The molecule has 0 atom stereocenters. The number of aromatic hydroxyl groups is 1. The van der Waals surface area contributed by atoms with Crippen LogP contribution in [0.1, 0.15) is 10.4 Å². The number of nitrogens with one attached hydrogen (secondary N) is 1. The lowest BCUT2D eigenvalue weighted by Gasteiger charge is -2.03. The van der Waals surface area contributed by atoms with Crippen LogP contribution in [0.15, 0.2) is 12.1 Å². The Morgan fingerprint density at radius 3 is 2.79 bits per heavy atom. The van der Waals surface area contributed by atoms with Crippen molar-refractivity contribution in [1.29, 1.82) is 0 Å². The minimum absolute atomic E-state index is 0.0978. The monoisotopic (exact) mass is 217 g/mol. The van der Waals surface area contributed by atoms with Gasteiger partial charge in [-0.15, -0.1) is 0 Å². The van der Waals surface area contributed by atoms with E-state index in [0.717, 1.165) is 6.07 Å². The molecule has 0 aliphatic carbocycles. The summed E-state index contributed by atoms with van der Waals surface area (Å²) in [6.45, 7) is 0.0978. The Labute approximate surface area is 85.5 Å². The Balaban J connectivity index is 3.06. The van der Waals surface area contributed by atoms with E-state index >= 15 is 0 Å². The van der Waals surface area contributed by atoms with E-state index in [0.29, 0.717) is 0 Å². The molecule has 0 aliphatic heterocycles. The van der Waals surface area contributed by atoms with E-state index in [1.54, 1.807) is 7.05 Å². The van der Waals surface area contributed by atoms with Crippen LogP contribution < -0.4 is 5.32 Å². The van der Waals surface area contributed by atoms with Crippen LogP contribution in [0, 0.1) is 5.82 Å². The van der Waals surface area contributed by atoms with Crippen LogP contribution in [-0.2, 0) is 0 Å². The number of likely N-dealkylation sites (N-methyl/N-ethyl adjacent to an activating group) is 1. The van der Waals surface area contributed by atoms with Gasteiger partial charge in [0, 0.05) is 5.56 Å². The number of Topliss-reactive ketones (excluding diaryl/α,β-unsaturated/α-hetero) is 1. The Morgan fingerprint density at radius 2 is 2.29 bits per heavy atom. The summed E-state index contributed by atoms with van der Waals surface area (Å²) >= 11 is 5.50. The molecule has 0 saturated carbocycles. The molecular formula is C9H9ClFNO2. The van der Waals surface area contributed by atoms with E-state index in [2.05, 4.69) is 5.32 Å². The molecular weight excluding hydrogens is 209 g/mol. The van der Waals surface area contributed by atoms with E-state index in [9.17, 15) is 9.18 Å². The molecule has 0 heterocycles. The first kappa shape index (κ1) is 10.9. The molecule has 0 spiro atoms. The van der Waals surface area contributed by atoms with E-state index in [1.165, 1.54) is 6.07 Å². The molecule has 0 aromatic heterocycles. The molecule has 76 valence electrons. The Hall–Kier alpha value is -1.13. The van der Waals surface area contributed by atoms with Crippen LogP contribution in [0.4, 0.5) is 4.39 Å². The SMILES string of the molecule is CNCC(=O)c1cc(F)c(O)c(Cl)c1. The maximum atomic E-state index is 12.9. The quantitative estimate of drug-likeness (QED) is 0.756. The second kappa shape index (κ2) is 4.39. The first-order chi connectivity index (χ1) is 6.56. The molecule has 0 saturated heterocycles. The fraction of sp³-hybridized carbons (Fsp3) is 0.222. The number of benzene rings is 1. The van der Waals surface area contributed by atoms with Crippen LogP contribution in [0.25, 0.3) is 0 Å². The average Bonchev–Trinajstić information content (AvgIpc) is 2.13. The smallest absolute Gasteiger partial charge is 0.176 e. The predicted octanol–water partition coefficient (Wildman–Crippen LogP) is 1.59. The first-order valence-electron chi connectivity index (χ1n) is 3.92. The third kappa shape index (κ3) is 2.21. The number of ketones is 1. The number of phenolic OH excluding ortho intramolecular Hbond substituents is 1. The lowest BCUT2D eigenvalue weighted by molar-refractivity contribution is 0.0993. The standard InChI is InChI=1S/C9H9ClFNO2/c1-12-4-8(13)5-2-6(10)9(14)7(11)3-5/h2-3,12,14H,4H2,1H3. The third-order valence-corrected chi connectivity index (χ3v) is 1.96. The summed E-state index contributed by atoms with van der Waals surface area (Å²) in [6.07, 6.45) is 0. The zero-order valence-electron chi connectivity index (χ0n) is 7.47. The zero-order chi connectivity index (χ0) is 10.7. The van der Waals surface area contributed by atoms with Gasteiger partial charge in [-0.2, -0.15) is 0 Å². The molecule has 2 N–H and O–H groups in total. The zero-order valence-corrected chi connectivity index (χ0v) is 8.23. The van der Waals surface area contributed by atoms with Crippen LogP contribution in [0.3, 0.4) is 0 Å². The highest BCUT2D eigenvalue weighted by molar-refractivity contribution is 6.32. The highest BCUT2D eigenvalue weighted by atomic mass is 35.5. The second-order valence-corrected chi connectivity index (χ2v) is 3.15. The molecule has 0 aliphatic rings. The number of halogens is 2. The molecule has 0 radical (unpaired) electrons. The maximum absolute atomic E-state index is 12.9. The van der Waals surface area contributed by atoms with Crippen molar-refractivity contribution < 1.29 is 14.3 Å². The van der Waals surface area contributed by atoms with Gasteiger partial charge in [0.15, 0.2) is 17.3 Å². The number of carbonyl (C=O) groups is 1. The summed E-state index contributed by atoms with van der Waals surface area (Å²) in [6, 6.07) is 2.19. The molecule has 14 heavy (non-hydrogen) atoms. The van der Waals surface area contributed by atoms with Crippen molar-refractivity contribution in [2.24, 2.45) is 0 Å². The predicted molar refractivity (Wildman–Crippen MR) is 51.3 cm³/mol. The lowest BCUT2D eigenvalue weighted by Crippen LogP contribution is -2.18. The van der Waals surface area contributed by atoms with Crippen molar-refractivity contribution >= 4 is 17.4 Å². The van der Waals surface area contributed by atoms with Gasteiger partial charge in [-0.25, -0.2) is 4.39 Å². The fourth-order valence-corrected chi connectivity index (χ4v) is 1.20. The normalized spacial score (nSPS) is 10.2. The minimum Gasteiger partial charge on any atom is -0.504 e. The first-order valence-corrected chi connectivity index (χ1v) is 4.30. The minimum atomic E-state index is -0.892. The highest BCUT2D eigenvalue weighted by Gasteiger charge is 2.12. The van der Waals surface area contributed by atoms with Crippen molar-refractivity contribution in [3.05, 3.63) is 28.5 Å². The van der Waals surface area contributed by atoms with Gasteiger partial charge in [-0.1, -0.05) is 11.6 Å². The van der Waals surface area contributed by atoms with E-state index in [1.807, 2.05) is 0 Å². The van der Waals surface area contributed by atoms with Gasteiger partial charge < -0.3 is 10.4 Å². The Kier molecular flexibility index (Phi) is 3.43. The Bertz CT molecular complexity index is 345. The molecule has 0 fully saturated rings. The number of hydrogen-bond donors (Lipinski definition) is 2. The summed E-state index contributed by atoms with van der Waals surface area (Å²) in [4.78, 5) is 11.3. The van der Waals surface area contributed by atoms with Gasteiger partial charge in [0.1, 0.15) is 0 Å². The molecule has 3 nitrogen and oxygen atoms in total. The highest BCUT2D eigenvalue weighted by Crippen LogP contribution is 2.27. The molecule has 0 amide bonds. The Morgan fingerprint density at radius 1 is 1.64 bits per heavy atom. The van der Waals surface area contributed by atoms with Crippen molar-refractivity contribution in [2.45, 2.75) is 0 Å². The second-order valence-electron chi connectivity index (χ2n) is 2.74. The van der Waals surface area contributed by atoms with Crippen molar-refractivity contribution in [3.8, 4) is 5.75 Å². The third-order valence-electron chi connectivity index (χ3n) is 1.68. The van der Waals surface area contributed by atoms with Gasteiger partial charge in [0.05, 0.1) is 11.6 Å². The summed E-state index contributed by atoms with van der Waals surface area (Å²) < 4.78 is 12.9. The fourth-order valence-electron chi connectivity index (χ4n) is 0.989. The maximum Gasteiger partial charge on any atom is 0.176 e. The molecule has 5 heteroatoms. The molecule has 0 bridgehead atoms. The van der Waals surface area contributed by atoms with E-state index < -0.39 is 11.6 Å². The summed E-state index contributed by atoms with van der Waals surface area (Å²) in [7, 11) is 1.61. The largest absolute Gasteiger partial charge is 0.504 e. The van der Waals surface area contributed by atoms with Crippen molar-refractivity contribution in [3.63, 3.8) is 0 Å². The van der Waals surface area contributed by atoms with Gasteiger partial charge in [-0.3, -0.25) is 4.79 Å². The molecule has 0 unspecified atom stereocenters. The van der Waals surface area contributed by atoms with Crippen molar-refractivity contribution in [2.75, 3.05) is 13.6 Å². The van der Waals surface area contributed by atoms with Crippen LogP contribution in [0.2, 0.25) is 5.02 Å². The lowest BCUT2D eigenvalue weighted by atomic mass is 10.1. The van der Waals surface area contributed by atoms with Crippen LogP contribution in [0.5, 0.6) is 5.75 Å². The average molecular weight is 218 g/mol. The van der Waals surface area contributed by atoms with Crippen LogP contribution in [-0.4, -0.2) is 24.5 Å². The number of carbonyl (C=O) groups excluding carboxylic acids is 1. The van der Waals surface area contributed by atoms with Gasteiger partial charge in [0.2, 0.25) is 0 Å². The number of hydrogen-bond acceptors (Lipinski definition) is 3. The van der Waals surface area contributed by atoms with Gasteiger partial charge in [0.25, 0.3) is 0 Å².